The number of nitrogens with zero attached hydrogens (tertiary/aromatic N) is 2. The first-order valence-corrected chi connectivity index (χ1v) is 21.5. The average Bonchev–Trinajstić information content (AvgIpc) is 4.24. The van der Waals surface area contributed by atoms with Crippen LogP contribution >= 0.6 is 0 Å². The second-order valence-electron chi connectivity index (χ2n) is 15.6. The summed E-state index contributed by atoms with van der Waals surface area (Å²) in [5.41, 5.74) is 9.72. The molecule has 0 radical (unpaired) electrons. The van der Waals surface area contributed by atoms with E-state index < -0.39 is 5.97 Å². The maximum atomic E-state index is 12.5. The first-order valence-electron chi connectivity index (χ1n) is 21.5. The van der Waals surface area contributed by atoms with Crippen molar-refractivity contribution < 1.29 is 52.5 Å². The number of methoxy groups -OCH3 is 9. The third-order valence-electron chi connectivity index (χ3n) is 12.0. The minimum absolute atomic E-state index is 0.107. The van der Waals surface area contributed by atoms with Crippen LogP contribution in [0.1, 0.15) is 33.1 Å². The highest BCUT2D eigenvalue weighted by Crippen LogP contribution is 2.50. The van der Waals surface area contributed by atoms with Crippen LogP contribution in [0.5, 0.6) is 51.7 Å². The molecule has 350 valence electrons. The number of carbonyl (C=O) groups is 1. The Bertz CT molecular complexity index is 3290. The third kappa shape index (κ3) is 8.03. The number of aromatic amines is 2. The fraction of sp³-hybridized carbons (Fsp3) is 0.167. The molecule has 15 nitrogen and oxygen atoms in total. The molecule has 0 atom stereocenters. The van der Waals surface area contributed by atoms with Gasteiger partial charge in [-0.3, -0.25) is 0 Å². The number of hydrogen-bond donors (Lipinski definition) is 3. The summed E-state index contributed by atoms with van der Waals surface area (Å²) in [5.74, 6) is 3.27. The summed E-state index contributed by atoms with van der Waals surface area (Å²) in [7, 11) is 14.2. The molecule has 15 heteroatoms. The maximum absolute atomic E-state index is 12.5. The second kappa shape index (κ2) is 18.8. The van der Waals surface area contributed by atoms with E-state index in [0.29, 0.717) is 141 Å². The molecule has 0 fully saturated rings. The molecular formula is C54H48N4O11. The Morgan fingerprint density at radius 3 is 0.986 bits per heavy atom. The van der Waals surface area contributed by atoms with Crippen molar-refractivity contribution >= 4 is 52.3 Å². The Hall–Kier alpha value is -8.85. The van der Waals surface area contributed by atoms with Gasteiger partial charge < -0.3 is 57.7 Å². The second-order valence-corrected chi connectivity index (χ2v) is 15.6. The molecule has 4 aromatic carbocycles. The zero-order chi connectivity index (χ0) is 48.5. The smallest absolute Gasteiger partial charge is 0.335 e. The highest BCUT2D eigenvalue weighted by atomic mass is 16.5. The topological polar surface area (TPSA) is 178 Å². The van der Waals surface area contributed by atoms with Gasteiger partial charge in [0.2, 0.25) is 0 Å². The van der Waals surface area contributed by atoms with Crippen LogP contribution in [-0.2, 0) is 0 Å². The lowest BCUT2D eigenvalue weighted by Crippen LogP contribution is -1.98. The van der Waals surface area contributed by atoms with E-state index in [1.165, 1.54) is 0 Å². The fourth-order valence-electron chi connectivity index (χ4n) is 8.86. The van der Waals surface area contributed by atoms with E-state index in [2.05, 4.69) is 9.97 Å². The summed E-state index contributed by atoms with van der Waals surface area (Å²) in [6, 6.07) is 25.3. The molecule has 3 N–H and O–H groups in total. The average molecular weight is 929 g/mol. The maximum Gasteiger partial charge on any atom is 0.335 e. The van der Waals surface area contributed by atoms with Crippen LogP contribution < -0.4 is 42.6 Å². The Kier molecular flexibility index (Phi) is 12.3. The first kappa shape index (κ1) is 45.3. The van der Waals surface area contributed by atoms with E-state index >= 15 is 0 Å². The number of hydrogen-bond acceptors (Lipinski definition) is 12. The van der Waals surface area contributed by atoms with Gasteiger partial charge in [0.15, 0.2) is 0 Å². The fourth-order valence-corrected chi connectivity index (χ4v) is 8.86. The Labute approximate surface area is 397 Å². The molecule has 9 rings (SSSR count). The van der Waals surface area contributed by atoms with Crippen molar-refractivity contribution in [1.82, 2.24) is 19.9 Å². The number of carboxylic acids is 1. The number of ether oxygens (including phenoxy) is 9. The van der Waals surface area contributed by atoms with Crippen LogP contribution in [-0.4, -0.2) is 95.0 Å². The zero-order valence-electron chi connectivity index (χ0n) is 39.3. The van der Waals surface area contributed by atoms with Crippen molar-refractivity contribution in [3.8, 4) is 96.3 Å². The van der Waals surface area contributed by atoms with Gasteiger partial charge >= 0.3 is 5.97 Å². The van der Waals surface area contributed by atoms with Crippen LogP contribution in [0.15, 0.2) is 84.9 Å². The quantitative estimate of drug-likeness (QED) is 0.0939. The van der Waals surface area contributed by atoms with Crippen molar-refractivity contribution in [2.75, 3.05) is 64.0 Å². The van der Waals surface area contributed by atoms with E-state index in [1.54, 1.807) is 119 Å². The third-order valence-corrected chi connectivity index (χ3v) is 12.0. The number of rotatable bonds is 14. The lowest BCUT2D eigenvalue weighted by molar-refractivity contribution is 0.0697. The molecule has 2 aliphatic rings. The van der Waals surface area contributed by atoms with Crippen molar-refractivity contribution in [1.29, 1.82) is 0 Å². The molecule has 69 heavy (non-hydrogen) atoms. The van der Waals surface area contributed by atoms with Crippen molar-refractivity contribution in [2.24, 2.45) is 0 Å². The first-order chi connectivity index (χ1) is 33.6. The number of carboxylic acid groups (broad SMARTS) is 1. The van der Waals surface area contributed by atoms with Crippen molar-refractivity contribution in [3.63, 3.8) is 0 Å². The summed E-state index contributed by atoms with van der Waals surface area (Å²) < 4.78 is 53.5. The Balaban J connectivity index is 1.55. The summed E-state index contributed by atoms with van der Waals surface area (Å²) in [5, 5.41) is 10.2. The standard InChI is InChI=1S/C54H48N4O11/c1-61-30-22-41(64-4)51(42(23-30)65-5)48-35-15-13-33(55-35)47(28-11-10-12-29(21-28)54(59)60)34-14-16-36(56-34)49(52-43(66-6)24-31(62-2)25-44(52)67-7)38-18-20-40(58-38)50(39-19-17-37(48)57-39)53-45(68-8)26-32(63-3)27-46(53)69-9/h10-27,55,58H,1-9H3,(H,59,60). The van der Waals surface area contributed by atoms with Crippen LogP contribution in [0, 0.1) is 0 Å². The summed E-state index contributed by atoms with van der Waals surface area (Å²) in [6.45, 7) is 0. The van der Waals surface area contributed by atoms with Gasteiger partial charge in [0, 0.05) is 80.7 Å². The van der Waals surface area contributed by atoms with E-state index in [1.807, 2.05) is 54.6 Å². The van der Waals surface area contributed by atoms with Crippen LogP contribution in [0.3, 0.4) is 0 Å². The highest BCUT2D eigenvalue weighted by Gasteiger charge is 2.27. The van der Waals surface area contributed by atoms with Gasteiger partial charge in [-0.15, -0.1) is 0 Å². The molecule has 2 aliphatic heterocycles. The largest absolute Gasteiger partial charge is 0.496 e. The molecule has 8 bridgehead atoms. The number of fused-ring (bicyclic) bond motifs is 8. The summed E-state index contributed by atoms with van der Waals surface area (Å²) >= 11 is 0. The van der Waals surface area contributed by atoms with Gasteiger partial charge in [0.05, 0.1) is 109 Å². The van der Waals surface area contributed by atoms with E-state index in [-0.39, 0.29) is 5.56 Å². The molecule has 0 saturated heterocycles. The van der Waals surface area contributed by atoms with Gasteiger partial charge in [-0.2, -0.15) is 0 Å². The van der Waals surface area contributed by atoms with E-state index in [4.69, 9.17) is 52.6 Å². The molecule has 7 aromatic rings. The van der Waals surface area contributed by atoms with Crippen LogP contribution in [0.4, 0.5) is 0 Å². The van der Waals surface area contributed by atoms with Crippen LogP contribution in [0.25, 0.3) is 90.9 Å². The summed E-state index contributed by atoms with van der Waals surface area (Å²) in [6.07, 6.45) is 7.67. The number of H-pyrrole nitrogens is 2. The Morgan fingerprint density at radius 2 is 0.696 bits per heavy atom. The van der Waals surface area contributed by atoms with Gasteiger partial charge in [-0.25, -0.2) is 14.8 Å². The molecular weight excluding hydrogens is 881 g/mol. The monoisotopic (exact) mass is 928 g/mol. The molecule has 0 amide bonds. The highest BCUT2D eigenvalue weighted by molar-refractivity contribution is 6.03. The normalized spacial score (nSPS) is 11.6. The number of nitrogens with one attached hydrogen (secondary N) is 2. The van der Waals surface area contributed by atoms with Crippen LogP contribution in [0.2, 0.25) is 0 Å². The predicted molar refractivity (Wildman–Crippen MR) is 267 cm³/mol. The molecule has 0 unspecified atom stereocenters. The number of aromatic nitrogens is 4. The molecule has 3 aromatic heterocycles. The zero-order valence-corrected chi connectivity index (χ0v) is 39.3. The summed E-state index contributed by atoms with van der Waals surface area (Å²) in [4.78, 5) is 30.7. The molecule has 0 spiro atoms. The van der Waals surface area contributed by atoms with Gasteiger partial charge in [-0.1, -0.05) is 12.1 Å². The lowest BCUT2D eigenvalue weighted by atomic mass is 10.0. The molecule has 0 aliphatic carbocycles. The van der Waals surface area contributed by atoms with E-state index in [0.717, 1.165) is 0 Å². The van der Waals surface area contributed by atoms with Gasteiger partial charge in [0.25, 0.3) is 0 Å². The Morgan fingerprint density at radius 1 is 0.391 bits per heavy atom. The minimum Gasteiger partial charge on any atom is -0.496 e. The lowest BCUT2D eigenvalue weighted by Gasteiger charge is -2.17. The minimum atomic E-state index is -1.07. The molecule has 5 heterocycles. The SMILES string of the molecule is COc1cc(OC)c(-c2c3nc(c(-c4c(OC)cc(OC)cc4OC)c4ccc([nH]4)c(-c4c(OC)cc(OC)cc4OC)c4nc(c(-c5cccc(C(=O)O)c5)c5ccc2[nH]5)C=C4)C=C3)c(OC)c1. The predicted octanol–water partition coefficient (Wildman–Crippen LogP) is 11.1. The van der Waals surface area contributed by atoms with E-state index in [9.17, 15) is 9.90 Å². The van der Waals surface area contributed by atoms with Gasteiger partial charge in [-0.05, 0) is 66.3 Å². The van der Waals surface area contributed by atoms with Gasteiger partial charge in [0.1, 0.15) is 51.7 Å². The van der Waals surface area contributed by atoms with Crippen molar-refractivity contribution in [3.05, 3.63) is 113 Å². The number of aromatic carboxylic acids is 1. The molecule has 0 saturated carbocycles. The van der Waals surface area contributed by atoms with Crippen molar-refractivity contribution in [2.45, 2.75) is 0 Å². The number of benzene rings is 4.